The first-order valence-corrected chi connectivity index (χ1v) is 14.6. The van der Waals surface area contributed by atoms with E-state index in [4.69, 9.17) is 19.8 Å². The van der Waals surface area contributed by atoms with Crippen molar-refractivity contribution in [2.75, 3.05) is 63.3 Å². The quantitative estimate of drug-likeness (QED) is 0.343. The molecule has 0 atom stereocenters. The number of carbonyl (C=O) groups excluding carboxylic acids is 3. The lowest BCUT2D eigenvalue weighted by atomic mass is 10.1. The second-order valence-corrected chi connectivity index (χ2v) is 9.77. The van der Waals surface area contributed by atoms with Crippen LogP contribution in [0.1, 0.15) is 45.6 Å². The van der Waals surface area contributed by atoms with Crippen molar-refractivity contribution >= 4 is 40.9 Å². The van der Waals surface area contributed by atoms with Crippen molar-refractivity contribution in [1.29, 1.82) is 0 Å². The number of aromatic nitrogens is 4. The van der Waals surface area contributed by atoms with Gasteiger partial charge in [0.1, 0.15) is 5.82 Å². The van der Waals surface area contributed by atoms with E-state index in [9.17, 15) is 14.4 Å². The number of anilines is 2. The van der Waals surface area contributed by atoms with Gasteiger partial charge < -0.3 is 29.9 Å². The zero-order valence-corrected chi connectivity index (χ0v) is 24.5. The SMILES string of the molecule is CC.CNC(=O)Nc1ccc(-c2nc(N3CCOCC3)c3cnn(C4CCN(C=O)CC4)c3n2)cc1.O=C1CCCO1. The van der Waals surface area contributed by atoms with Crippen LogP contribution in [0, 0.1) is 0 Å². The maximum Gasteiger partial charge on any atom is 0.318 e. The van der Waals surface area contributed by atoms with Crippen LogP contribution in [0.3, 0.4) is 0 Å². The third kappa shape index (κ3) is 7.52. The molecule has 13 nitrogen and oxygen atoms in total. The summed E-state index contributed by atoms with van der Waals surface area (Å²) < 4.78 is 12.1. The van der Waals surface area contributed by atoms with Crippen LogP contribution in [0.4, 0.5) is 16.3 Å². The average molecular weight is 581 g/mol. The average Bonchev–Trinajstić information content (AvgIpc) is 3.72. The highest BCUT2D eigenvalue weighted by Crippen LogP contribution is 2.32. The molecule has 3 saturated heterocycles. The van der Waals surface area contributed by atoms with E-state index in [1.165, 1.54) is 0 Å². The van der Waals surface area contributed by atoms with Crippen LogP contribution in [-0.2, 0) is 19.1 Å². The molecule has 2 N–H and O–H groups in total. The number of amides is 3. The summed E-state index contributed by atoms with van der Waals surface area (Å²) in [7, 11) is 1.58. The van der Waals surface area contributed by atoms with Crippen molar-refractivity contribution in [3.63, 3.8) is 0 Å². The Kier molecular flexibility index (Phi) is 11.0. The van der Waals surface area contributed by atoms with Crippen LogP contribution in [0.5, 0.6) is 0 Å². The molecule has 3 amide bonds. The number of nitrogens with zero attached hydrogens (tertiary/aromatic N) is 6. The van der Waals surface area contributed by atoms with Crippen molar-refractivity contribution < 1.29 is 23.9 Å². The van der Waals surface area contributed by atoms with Crippen LogP contribution in [-0.4, -0.2) is 96.1 Å². The molecule has 2 aromatic heterocycles. The van der Waals surface area contributed by atoms with Crippen molar-refractivity contribution in [3.8, 4) is 11.4 Å². The number of fused-ring (bicyclic) bond motifs is 1. The number of carbonyl (C=O) groups is 3. The van der Waals surface area contributed by atoms with Crippen LogP contribution >= 0.6 is 0 Å². The minimum Gasteiger partial charge on any atom is -0.466 e. The Morgan fingerprint density at radius 1 is 1.02 bits per heavy atom. The van der Waals surface area contributed by atoms with Crippen molar-refractivity contribution in [2.45, 2.75) is 45.6 Å². The molecule has 13 heteroatoms. The maximum absolute atomic E-state index is 11.6. The van der Waals surface area contributed by atoms with E-state index in [1.54, 1.807) is 11.9 Å². The lowest BCUT2D eigenvalue weighted by Crippen LogP contribution is -2.37. The maximum atomic E-state index is 11.6. The summed E-state index contributed by atoms with van der Waals surface area (Å²) in [6.45, 7) is 8.87. The summed E-state index contributed by atoms with van der Waals surface area (Å²) in [5.74, 6) is 1.41. The number of hydrogen-bond donors (Lipinski definition) is 2. The number of hydrogen-bond acceptors (Lipinski definition) is 9. The molecular formula is C29H40N8O5. The zero-order chi connectivity index (χ0) is 29.9. The van der Waals surface area contributed by atoms with Gasteiger partial charge in [-0.3, -0.25) is 9.59 Å². The zero-order valence-electron chi connectivity index (χ0n) is 24.5. The Labute approximate surface area is 245 Å². The number of piperidine rings is 1. The number of likely N-dealkylation sites (tertiary alicyclic amines) is 1. The molecule has 0 spiro atoms. The molecule has 3 fully saturated rings. The van der Waals surface area contributed by atoms with E-state index < -0.39 is 0 Å². The minimum atomic E-state index is -0.274. The lowest BCUT2D eigenvalue weighted by molar-refractivity contribution is -0.138. The second-order valence-electron chi connectivity index (χ2n) is 9.77. The molecule has 226 valence electrons. The number of ether oxygens (including phenoxy) is 2. The Morgan fingerprint density at radius 3 is 2.31 bits per heavy atom. The second kappa shape index (κ2) is 15.1. The van der Waals surface area contributed by atoms with Crippen molar-refractivity contribution in [2.24, 2.45) is 0 Å². The summed E-state index contributed by atoms with van der Waals surface area (Å²) >= 11 is 0. The number of rotatable bonds is 5. The van der Waals surface area contributed by atoms with Crippen LogP contribution < -0.4 is 15.5 Å². The summed E-state index contributed by atoms with van der Waals surface area (Å²) in [5.41, 5.74) is 2.33. The van der Waals surface area contributed by atoms with E-state index in [0.29, 0.717) is 50.8 Å². The van der Waals surface area contributed by atoms with Gasteiger partial charge in [-0.15, -0.1) is 0 Å². The highest BCUT2D eigenvalue weighted by molar-refractivity contribution is 5.90. The van der Waals surface area contributed by atoms with E-state index in [2.05, 4.69) is 20.3 Å². The van der Waals surface area contributed by atoms with Gasteiger partial charge >= 0.3 is 12.0 Å². The first kappa shape index (κ1) is 30.7. The van der Waals surface area contributed by atoms with E-state index in [-0.39, 0.29) is 18.0 Å². The number of esters is 1. The van der Waals surface area contributed by atoms with Crippen LogP contribution in [0.15, 0.2) is 30.5 Å². The van der Waals surface area contributed by atoms with Gasteiger partial charge in [-0.25, -0.2) is 19.4 Å². The van der Waals surface area contributed by atoms with Gasteiger partial charge in [0.25, 0.3) is 0 Å². The molecule has 1 aromatic carbocycles. The molecule has 3 aliphatic heterocycles. The monoisotopic (exact) mass is 580 g/mol. The fourth-order valence-corrected chi connectivity index (χ4v) is 4.93. The lowest BCUT2D eigenvalue weighted by Gasteiger charge is -2.30. The first-order valence-electron chi connectivity index (χ1n) is 14.6. The highest BCUT2D eigenvalue weighted by atomic mass is 16.5. The largest absolute Gasteiger partial charge is 0.466 e. The molecule has 5 heterocycles. The molecule has 0 radical (unpaired) electrons. The minimum absolute atomic E-state index is 0.0463. The molecule has 0 aliphatic carbocycles. The van der Waals surface area contributed by atoms with Gasteiger partial charge in [0.2, 0.25) is 6.41 Å². The molecule has 3 aliphatic rings. The van der Waals surface area contributed by atoms with E-state index in [0.717, 1.165) is 61.2 Å². The molecule has 0 bridgehead atoms. The molecule has 0 unspecified atom stereocenters. The Bertz CT molecular complexity index is 1320. The molecule has 6 rings (SSSR count). The Hall–Kier alpha value is -4.26. The third-order valence-electron chi connectivity index (χ3n) is 7.15. The van der Waals surface area contributed by atoms with Gasteiger partial charge in [-0.2, -0.15) is 5.10 Å². The molecular weight excluding hydrogens is 540 g/mol. The van der Waals surface area contributed by atoms with Gasteiger partial charge in [0.15, 0.2) is 11.5 Å². The van der Waals surface area contributed by atoms with Gasteiger partial charge in [-0.05, 0) is 43.5 Å². The first-order chi connectivity index (χ1) is 20.6. The molecule has 3 aromatic rings. The predicted molar refractivity (Wildman–Crippen MR) is 159 cm³/mol. The van der Waals surface area contributed by atoms with Crippen LogP contribution in [0.25, 0.3) is 22.4 Å². The standard InChI is InChI=1S/C23H28N8O3.C4H6O2.C2H6/c1-24-23(33)26-17-4-2-16(3-5-17)20-27-21(30-10-12-34-13-11-30)19-14-25-31(22(19)28-20)18-6-8-29(15-32)9-7-18;5-4-2-1-3-6-4;1-2/h2-5,14-15,18H,6-13H2,1H3,(H2,24,26,33);1-3H2;1-2H3. The van der Waals surface area contributed by atoms with E-state index >= 15 is 0 Å². The summed E-state index contributed by atoms with van der Waals surface area (Å²) in [4.78, 5) is 46.6. The Morgan fingerprint density at radius 2 is 1.74 bits per heavy atom. The summed E-state index contributed by atoms with van der Waals surface area (Å²) in [6.07, 6.45) is 5.98. The van der Waals surface area contributed by atoms with E-state index in [1.807, 2.05) is 49.0 Å². The number of cyclic esters (lactones) is 1. The highest BCUT2D eigenvalue weighted by Gasteiger charge is 2.26. The predicted octanol–water partition coefficient (Wildman–Crippen LogP) is 3.22. The fourth-order valence-electron chi connectivity index (χ4n) is 4.93. The van der Waals surface area contributed by atoms with Gasteiger partial charge in [-0.1, -0.05) is 13.8 Å². The fraction of sp³-hybridized carbons (Fsp3) is 0.517. The van der Waals surface area contributed by atoms with Crippen LogP contribution in [0.2, 0.25) is 0 Å². The topological polar surface area (TPSA) is 144 Å². The van der Waals surface area contributed by atoms with Gasteiger partial charge in [0, 0.05) is 50.9 Å². The smallest absolute Gasteiger partial charge is 0.318 e. The normalized spacial score (nSPS) is 17.0. The number of morpholine rings is 1. The van der Waals surface area contributed by atoms with Crippen molar-refractivity contribution in [1.82, 2.24) is 30.0 Å². The van der Waals surface area contributed by atoms with Gasteiger partial charge in [0.05, 0.1) is 37.4 Å². The molecule has 42 heavy (non-hydrogen) atoms. The number of benzene rings is 1. The third-order valence-corrected chi connectivity index (χ3v) is 7.15. The van der Waals surface area contributed by atoms with Crippen molar-refractivity contribution in [3.05, 3.63) is 30.5 Å². The number of urea groups is 1. The number of nitrogens with one attached hydrogen (secondary N) is 2. The summed E-state index contributed by atoms with van der Waals surface area (Å²) in [6, 6.07) is 7.37. The Balaban J connectivity index is 0.000000445. The molecule has 0 saturated carbocycles. The summed E-state index contributed by atoms with van der Waals surface area (Å²) in [5, 5.41) is 10.9.